The molecule has 1 heterocycles. The maximum Gasteiger partial charge on any atom is 0.173 e. The number of nitrogens with zero attached hydrogens (tertiary/aromatic N) is 1. The highest BCUT2D eigenvalue weighted by molar-refractivity contribution is 5.68. The van der Waals surface area contributed by atoms with Crippen LogP contribution < -0.4 is 20.5 Å². The van der Waals surface area contributed by atoms with E-state index in [1.165, 1.54) is 0 Å². The average Bonchev–Trinajstić information content (AvgIpc) is 2.67. The molecule has 0 aliphatic heterocycles. The smallest absolute Gasteiger partial charge is 0.173 e. The second kappa shape index (κ2) is 4.87. The number of hydrogen-bond acceptors (Lipinski definition) is 5. The van der Waals surface area contributed by atoms with Gasteiger partial charge >= 0.3 is 0 Å². The lowest BCUT2D eigenvalue weighted by atomic mass is 10.2. The second-order valence-electron chi connectivity index (χ2n) is 3.78. The fourth-order valence-electron chi connectivity index (χ4n) is 1.66. The van der Waals surface area contributed by atoms with Gasteiger partial charge in [-0.2, -0.15) is 0 Å². The molecular formula is C12H16N4O2. The third kappa shape index (κ3) is 2.32. The fourth-order valence-corrected chi connectivity index (χ4v) is 1.66. The highest BCUT2D eigenvalue weighted by Gasteiger charge is 2.08. The highest BCUT2D eigenvalue weighted by atomic mass is 16.5. The molecule has 2 aromatic rings. The van der Waals surface area contributed by atoms with Gasteiger partial charge in [-0.05, 0) is 19.1 Å². The van der Waals surface area contributed by atoms with Crippen molar-refractivity contribution in [3.05, 3.63) is 24.0 Å². The summed E-state index contributed by atoms with van der Waals surface area (Å²) in [5.41, 5.74) is 6.60. The Morgan fingerprint density at radius 3 is 2.50 bits per heavy atom. The SMILES string of the molecule is COc1ccc(Nc2nc(C)[nH]c2N)cc1OC. The molecule has 0 spiro atoms. The van der Waals surface area contributed by atoms with E-state index in [0.29, 0.717) is 23.1 Å². The van der Waals surface area contributed by atoms with E-state index in [2.05, 4.69) is 15.3 Å². The van der Waals surface area contributed by atoms with Crippen molar-refractivity contribution < 1.29 is 9.47 Å². The van der Waals surface area contributed by atoms with Crippen molar-refractivity contribution in [1.29, 1.82) is 0 Å². The molecule has 96 valence electrons. The van der Waals surface area contributed by atoms with Crippen LogP contribution in [0.5, 0.6) is 11.5 Å². The van der Waals surface area contributed by atoms with Crippen molar-refractivity contribution >= 4 is 17.3 Å². The van der Waals surface area contributed by atoms with E-state index in [-0.39, 0.29) is 0 Å². The third-order valence-electron chi connectivity index (χ3n) is 2.50. The number of rotatable bonds is 4. The number of hydrogen-bond donors (Lipinski definition) is 3. The predicted octanol–water partition coefficient (Wildman–Crippen LogP) is 2.06. The lowest BCUT2D eigenvalue weighted by Crippen LogP contribution is -1.97. The minimum absolute atomic E-state index is 0.502. The summed E-state index contributed by atoms with van der Waals surface area (Å²) >= 11 is 0. The van der Waals surface area contributed by atoms with E-state index in [4.69, 9.17) is 15.2 Å². The van der Waals surface area contributed by atoms with Gasteiger partial charge in [-0.1, -0.05) is 0 Å². The van der Waals surface area contributed by atoms with Crippen molar-refractivity contribution in [3.63, 3.8) is 0 Å². The van der Waals surface area contributed by atoms with Crippen LogP contribution in [0.15, 0.2) is 18.2 Å². The Morgan fingerprint density at radius 1 is 1.22 bits per heavy atom. The molecule has 0 fully saturated rings. The van der Waals surface area contributed by atoms with E-state index in [1.54, 1.807) is 14.2 Å². The van der Waals surface area contributed by atoms with Gasteiger partial charge in [0.1, 0.15) is 11.6 Å². The van der Waals surface area contributed by atoms with Gasteiger partial charge in [0, 0.05) is 11.8 Å². The monoisotopic (exact) mass is 248 g/mol. The molecule has 0 atom stereocenters. The van der Waals surface area contributed by atoms with Gasteiger partial charge in [-0.25, -0.2) is 4.98 Å². The summed E-state index contributed by atoms with van der Waals surface area (Å²) in [7, 11) is 3.19. The zero-order chi connectivity index (χ0) is 13.1. The molecule has 2 rings (SSSR count). The minimum Gasteiger partial charge on any atom is -0.493 e. The number of nitrogen functional groups attached to an aromatic ring is 1. The molecular weight excluding hydrogens is 232 g/mol. The zero-order valence-corrected chi connectivity index (χ0v) is 10.6. The fraction of sp³-hybridized carbons (Fsp3) is 0.250. The molecule has 0 bridgehead atoms. The van der Waals surface area contributed by atoms with Gasteiger partial charge in [0.05, 0.1) is 14.2 Å². The number of H-pyrrole nitrogens is 1. The first-order valence-corrected chi connectivity index (χ1v) is 5.45. The van der Waals surface area contributed by atoms with Gasteiger partial charge in [-0.15, -0.1) is 0 Å². The molecule has 0 saturated heterocycles. The summed E-state index contributed by atoms with van der Waals surface area (Å²) in [4.78, 5) is 7.17. The van der Waals surface area contributed by atoms with Gasteiger partial charge in [0.2, 0.25) is 0 Å². The summed E-state index contributed by atoms with van der Waals surface area (Å²) in [6.45, 7) is 1.84. The van der Waals surface area contributed by atoms with Gasteiger partial charge in [0.15, 0.2) is 17.3 Å². The quantitative estimate of drug-likeness (QED) is 0.771. The number of nitrogens with one attached hydrogen (secondary N) is 2. The number of ether oxygens (including phenoxy) is 2. The van der Waals surface area contributed by atoms with E-state index >= 15 is 0 Å². The first-order chi connectivity index (χ1) is 8.63. The molecule has 0 saturated carbocycles. The van der Waals surface area contributed by atoms with E-state index in [9.17, 15) is 0 Å². The maximum absolute atomic E-state index is 5.78. The van der Waals surface area contributed by atoms with Crippen LogP contribution in [0.2, 0.25) is 0 Å². The average molecular weight is 248 g/mol. The number of nitrogens with two attached hydrogens (primary N) is 1. The number of benzene rings is 1. The summed E-state index contributed by atoms with van der Waals surface area (Å²) in [5, 5.41) is 3.12. The van der Waals surface area contributed by atoms with Crippen LogP contribution in [0.3, 0.4) is 0 Å². The minimum atomic E-state index is 0.502. The van der Waals surface area contributed by atoms with Crippen LogP contribution in [0.1, 0.15) is 5.82 Å². The number of imidazole rings is 1. The molecule has 0 radical (unpaired) electrons. The Morgan fingerprint density at radius 2 is 1.94 bits per heavy atom. The molecule has 18 heavy (non-hydrogen) atoms. The summed E-state index contributed by atoms with van der Waals surface area (Å²) < 4.78 is 10.4. The molecule has 6 heteroatoms. The van der Waals surface area contributed by atoms with Crippen LogP contribution in [0, 0.1) is 6.92 Å². The number of aromatic amines is 1. The van der Waals surface area contributed by atoms with Crippen LogP contribution in [0.4, 0.5) is 17.3 Å². The summed E-state index contributed by atoms with van der Waals surface area (Å²) in [5.74, 6) is 3.18. The topological polar surface area (TPSA) is 85.2 Å². The Bertz CT molecular complexity index is 551. The van der Waals surface area contributed by atoms with E-state index in [1.807, 2.05) is 25.1 Å². The van der Waals surface area contributed by atoms with E-state index in [0.717, 1.165) is 11.5 Å². The van der Waals surface area contributed by atoms with Crippen LogP contribution in [0.25, 0.3) is 0 Å². The number of methoxy groups -OCH3 is 2. The zero-order valence-electron chi connectivity index (χ0n) is 10.6. The Balaban J connectivity index is 2.27. The highest BCUT2D eigenvalue weighted by Crippen LogP contribution is 2.31. The van der Waals surface area contributed by atoms with Crippen molar-refractivity contribution in [2.24, 2.45) is 0 Å². The van der Waals surface area contributed by atoms with Crippen molar-refractivity contribution in [1.82, 2.24) is 9.97 Å². The summed E-state index contributed by atoms with van der Waals surface area (Å²) in [6, 6.07) is 5.50. The molecule has 0 unspecified atom stereocenters. The van der Waals surface area contributed by atoms with Crippen molar-refractivity contribution in [2.75, 3.05) is 25.3 Å². The number of anilines is 3. The molecule has 0 aliphatic rings. The number of aromatic nitrogens is 2. The molecule has 6 nitrogen and oxygen atoms in total. The van der Waals surface area contributed by atoms with E-state index < -0.39 is 0 Å². The van der Waals surface area contributed by atoms with Crippen LogP contribution in [-0.2, 0) is 0 Å². The largest absolute Gasteiger partial charge is 0.493 e. The Hall–Kier alpha value is -2.37. The first kappa shape index (κ1) is 12.1. The lowest BCUT2D eigenvalue weighted by molar-refractivity contribution is 0.355. The predicted molar refractivity (Wildman–Crippen MR) is 70.6 cm³/mol. The molecule has 0 aliphatic carbocycles. The Kier molecular flexibility index (Phi) is 3.27. The first-order valence-electron chi connectivity index (χ1n) is 5.45. The molecule has 0 amide bonds. The van der Waals surface area contributed by atoms with Crippen molar-refractivity contribution in [2.45, 2.75) is 6.92 Å². The lowest BCUT2D eigenvalue weighted by Gasteiger charge is -2.10. The maximum atomic E-state index is 5.78. The third-order valence-corrected chi connectivity index (χ3v) is 2.50. The molecule has 1 aromatic carbocycles. The van der Waals surface area contributed by atoms with Crippen LogP contribution >= 0.6 is 0 Å². The Labute approximate surface area is 105 Å². The van der Waals surface area contributed by atoms with Gasteiger partial charge in [-0.3, -0.25) is 0 Å². The standard InChI is InChI=1S/C12H16N4O2/c1-7-14-11(13)12(15-7)16-8-4-5-9(17-2)10(6-8)18-3/h4-6,16H,13H2,1-3H3,(H,14,15). The van der Waals surface area contributed by atoms with Gasteiger partial charge < -0.3 is 25.5 Å². The van der Waals surface area contributed by atoms with Crippen LogP contribution in [-0.4, -0.2) is 24.2 Å². The summed E-state index contributed by atoms with van der Waals surface area (Å²) in [6.07, 6.45) is 0. The van der Waals surface area contributed by atoms with Crippen molar-refractivity contribution in [3.8, 4) is 11.5 Å². The number of aryl methyl sites for hydroxylation is 1. The second-order valence-corrected chi connectivity index (χ2v) is 3.78. The normalized spacial score (nSPS) is 10.2. The molecule has 1 aromatic heterocycles. The van der Waals surface area contributed by atoms with Gasteiger partial charge in [0.25, 0.3) is 0 Å². The molecule has 4 N–H and O–H groups in total.